The van der Waals surface area contributed by atoms with Crippen LogP contribution in [0.5, 0.6) is 11.5 Å². The number of rotatable bonds is 3. The van der Waals surface area contributed by atoms with Gasteiger partial charge in [0.1, 0.15) is 17.3 Å². The maximum atomic E-state index is 13.3. The molecule has 2 aromatic carbocycles. The van der Waals surface area contributed by atoms with Crippen molar-refractivity contribution >= 4 is 31.9 Å². The summed E-state index contributed by atoms with van der Waals surface area (Å²) in [4.78, 5) is 0. The van der Waals surface area contributed by atoms with Crippen molar-refractivity contribution in [3.05, 3.63) is 56.7 Å². The van der Waals surface area contributed by atoms with Gasteiger partial charge in [-0.2, -0.15) is 0 Å². The maximum Gasteiger partial charge on any atom is 0.141 e. The van der Waals surface area contributed by atoms with E-state index in [9.17, 15) is 4.39 Å². The second-order valence-corrected chi connectivity index (χ2v) is 5.34. The lowest BCUT2D eigenvalue weighted by Gasteiger charge is -2.08. The van der Waals surface area contributed by atoms with Crippen molar-refractivity contribution in [3.63, 3.8) is 0 Å². The molecule has 5 heteroatoms. The molecule has 2 N–H and O–H groups in total. The summed E-state index contributed by atoms with van der Waals surface area (Å²) in [5.74, 6) is 0.717. The number of halogens is 3. The van der Waals surface area contributed by atoms with Gasteiger partial charge in [0.05, 0.1) is 4.47 Å². The van der Waals surface area contributed by atoms with Crippen molar-refractivity contribution in [3.8, 4) is 11.5 Å². The first-order valence-corrected chi connectivity index (χ1v) is 6.80. The number of hydrogen-bond donors (Lipinski definition) is 1. The van der Waals surface area contributed by atoms with E-state index in [1.54, 1.807) is 18.2 Å². The summed E-state index contributed by atoms with van der Waals surface area (Å²) in [5.41, 5.74) is 6.55. The molecule has 0 amide bonds. The smallest absolute Gasteiger partial charge is 0.141 e. The fourth-order valence-electron chi connectivity index (χ4n) is 1.43. The Labute approximate surface area is 121 Å². The zero-order valence-electron chi connectivity index (χ0n) is 9.29. The lowest BCUT2D eigenvalue weighted by atomic mass is 10.2. The van der Waals surface area contributed by atoms with Gasteiger partial charge in [-0.1, -0.05) is 22.0 Å². The average molecular weight is 375 g/mol. The van der Waals surface area contributed by atoms with Crippen LogP contribution in [0.25, 0.3) is 0 Å². The van der Waals surface area contributed by atoms with Gasteiger partial charge in [-0.25, -0.2) is 4.39 Å². The third-order valence-electron chi connectivity index (χ3n) is 2.37. The van der Waals surface area contributed by atoms with Crippen molar-refractivity contribution in [2.75, 3.05) is 0 Å². The lowest BCUT2D eigenvalue weighted by molar-refractivity contribution is 0.475. The highest BCUT2D eigenvalue weighted by molar-refractivity contribution is 9.10. The molecule has 0 saturated carbocycles. The summed E-state index contributed by atoms with van der Waals surface area (Å²) in [6.07, 6.45) is 0. The molecule has 2 aromatic rings. The molecule has 0 aliphatic rings. The Balaban J connectivity index is 2.23. The van der Waals surface area contributed by atoms with Crippen molar-refractivity contribution in [2.45, 2.75) is 6.54 Å². The zero-order chi connectivity index (χ0) is 13.1. The summed E-state index contributed by atoms with van der Waals surface area (Å²) >= 11 is 6.50. The topological polar surface area (TPSA) is 35.2 Å². The Morgan fingerprint density at radius 1 is 1.00 bits per heavy atom. The quantitative estimate of drug-likeness (QED) is 0.851. The van der Waals surface area contributed by atoms with Crippen LogP contribution in [0.3, 0.4) is 0 Å². The lowest BCUT2D eigenvalue weighted by Crippen LogP contribution is -1.97. The van der Waals surface area contributed by atoms with Gasteiger partial charge in [-0.05, 0) is 45.8 Å². The van der Waals surface area contributed by atoms with E-state index in [1.807, 2.05) is 12.1 Å². The van der Waals surface area contributed by atoms with E-state index in [2.05, 4.69) is 31.9 Å². The zero-order valence-corrected chi connectivity index (χ0v) is 12.5. The van der Waals surface area contributed by atoms with Crippen LogP contribution in [0.4, 0.5) is 4.39 Å². The van der Waals surface area contributed by atoms with E-state index < -0.39 is 0 Å². The predicted molar refractivity (Wildman–Crippen MR) is 76.2 cm³/mol. The highest BCUT2D eigenvalue weighted by Crippen LogP contribution is 2.28. The molecule has 0 spiro atoms. The first-order chi connectivity index (χ1) is 8.60. The number of ether oxygens (including phenoxy) is 1. The second kappa shape index (κ2) is 5.82. The molecule has 0 heterocycles. The third-order valence-corrected chi connectivity index (χ3v) is 3.75. The van der Waals surface area contributed by atoms with E-state index in [-0.39, 0.29) is 5.82 Å². The Morgan fingerprint density at radius 2 is 1.67 bits per heavy atom. The van der Waals surface area contributed by atoms with E-state index in [0.29, 0.717) is 22.5 Å². The highest BCUT2D eigenvalue weighted by atomic mass is 79.9. The van der Waals surface area contributed by atoms with Gasteiger partial charge in [-0.3, -0.25) is 0 Å². The molecule has 0 fully saturated rings. The number of hydrogen-bond acceptors (Lipinski definition) is 2. The van der Waals surface area contributed by atoms with Gasteiger partial charge in [0.15, 0.2) is 0 Å². The standard InChI is InChI=1S/C13H10Br2FNO/c14-11-4-3-10(6-13(11)16)18-9-2-1-8(7-17)12(15)5-9/h1-6H,7,17H2. The van der Waals surface area contributed by atoms with Gasteiger partial charge in [-0.15, -0.1) is 0 Å². The minimum Gasteiger partial charge on any atom is -0.457 e. The minimum absolute atomic E-state index is 0.356. The molecule has 0 bridgehead atoms. The summed E-state index contributed by atoms with van der Waals surface area (Å²) in [7, 11) is 0. The Kier molecular flexibility index (Phi) is 4.37. The van der Waals surface area contributed by atoms with Crippen LogP contribution in [0.1, 0.15) is 5.56 Å². The molecule has 18 heavy (non-hydrogen) atoms. The normalized spacial score (nSPS) is 10.4. The minimum atomic E-state index is -0.356. The first-order valence-electron chi connectivity index (χ1n) is 5.21. The van der Waals surface area contributed by atoms with Gasteiger partial charge in [0, 0.05) is 17.1 Å². The van der Waals surface area contributed by atoms with Crippen molar-refractivity contribution in [1.82, 2.24) is 0 Å². The predicted octanol–water partition coefficient (Wildman–Crippen LogP) is 4.60. The van der Waals surface area contributed by atoms with Crippen molar-refractivity contribution in [1.29, 1.82) is 0 Å². The Bertz CT molecular complexity index is 575. The Morgan fingerprint density at radius 3 is 2.28 bits per heavy atom. The van der Waals surface area contributed by atoms with Crippen LogP contribution in [0.15, 0.2) is 45.3 Å². The first kappa shape index (κ1) is 13.5. The molecule has 2 nitrogen and oxygen atoms in total. The van der Waals surface area contributed by atoms with Gasteiger partial charge < -0.3 is 10.5 Å². The SMILES string of the molecule is NCc1ccc(Oc2ccc(Br)c(F)c2)cc1Br. The molecule has 0 aromatic heterocycles. The van der Waals surface area contributed by atoms with E-state index in [0.717, 1.165) is 10.0 Å². The molecular formula is C13H10Br2FNO. The fourth-order valence-corrected chi connectivity index (χ4v) is 2.20. The molecule has 0 radical (unpaired) electrons. The van der Waals surface area contributed by atoms with Crippen LogP contribution < -0.4 is 10.5 Å². The van der Waals surface area contributed by atoms with Crippen molar-refractivity contribution in [2.24, 2.45) is 5.73 Å². The summed E-state index contributed by atoms with van der Waals surface area (Å²) in [5, 5.41) is 0. The highest BCUT2D eigenvalue weighted by Gasteiger charge is 2.05. The summed E-state index contributed by atoms with van der Waals surface area (Å²) in [6, 6.07) is 10.1. The monoisotopic (exact) mass is 373 g/mol. The molecule has 94 valence electrons. The van der Waals surface area contributed by atoms with Gasteiger partial charge >= 0.3 is 0 Å². The molecule has 0 atom stereocenters. The fraction of sp³-hybridized carbons (Fsp3) is 0.0769. The van der Waals surface area contributed by atoms with Crippen LogP contribution in [-0.2, 0) is 6.54 Å². The molecule has 2 rings (SSSR count). The molecule has 0 aliphatic carbocycles. The Hall–Kier alpha value is -0.910. The van der Waals surface area contributed by atoms with Crippen molar-refractivity contribution < 1.29 is 9.13 Å². The van der Waals surface area contributed by atoms with Crippen LogP contribution in [-0.4, -0.2) is 0 Å². The van der Waals surface area contributed by atoms with E-state index in [4.69, 9.17) is 10.5 Å². The summed E-state index contributed by atoms with van der Waals surface area (Å²) in [6.45, 7) is 0.452. The van der Waals surface area contributed by atoms with E-state index >= 15 is 0 Å². The average Bonchev–Trinajstić information content (AvgIpc) is 2.34. The molecule has 0 saturated heterocycles. The van der Waals surface area contributed by atoms with Gasteiger partial charge in [0.25, 0.3) is 0 Å². The molecule has 0 unspecified atom stereocenters. The number of nitrogens with two attached hydrogens (primary N) is 1. The molecule has 0 aliphatic heterocycles. The summed E-state index contributed by atoms with van der Waals surface area (Å²) < 4.78 is 20.2. The molecular weight excluding hydrogens is 365 g/mol. The van der Waals surface area contributed by atoms with Crippen LogP contribution >= 0.6 is 31.9 Å². The van der Waals surface area contributed by atoms with Gasteiger partial charge in [0.2, 0.25) is 0 Å². The van der Waals surface area contributed by atoms with Crippen LogP contribution in [0, 0.1) is 5.82 Å². The maximum absolute atomic E-state index is 13.3. The second-order valence-electron chi connectivity index (χ2n) is 3.64. The third kappa shape index (κ3) is 3.10. The number of benzene rings is 2. The largest absolute Gasteiger partial charge is 0.457 e. The van der Waals surface area contributed by atoms with Crippen LogP contribution in [0.2, 0.25) is 0 Å². The van der Waals surface area contributed by atoms with E-state index in [1.165, 1.54) is 6.07 Å².